The lowest BCUT2D eigenvalue weighted by Crippen LogP contribution is -2.36. The number of carbonyl (C=O) groups excluding carboxylic acids is 1. The topological polar surface area (TPSA) is 88.2 Å². The van der Waals surface area contributed by atoms with Crippen molar-refractivity contribution < 1.29 is 9.53 Å². The maximum absolute atomic E-state index is 11.9. The Hall–Kier alpha value is -1.90. The Kier molecular flexibility index (Phi) is 5.49. The Morgan fingerprint density at radius 2 is 2.25 bits per heavy atom. The van der Waals surface area contributed by atoms with E-state index in [9.17, 15) is 4.79 Å². The molecular formula is C15H18ClN5O2S. The van der Waals surface area contributed by atoms with Gasteiger partial charge in [0.1, 0.15) is 17.7 Å². The zero-order valence-electron chi connectivity index (χ0n) is 13.1. The van der Waals surface area contributed by atoms with Crippen LogP contribution >= 0.6 is 22.9 Å². The number of pyridine rings is 1. The van der Waals surface area contributed by atoms with Crippen molar-refractivity contribution in [2.24, 2.45) is 0 Å². The van der Waals surface area contributed by atoms with Crippen LogP contribution in [-0.2, 0) is 0 Å². The molecule has 9 heteroatoms. The molecule has 0 saturated carbocycles. The highest BCUT2D eigenvalue weighted by Gasteiger charge is 2.22. The summed E-state index contributed by atoms with van der Waals surface area (Å²) in [7, 11) is 0. The lowest BCUT2D eigenvalue weighted by atomic mass is 10.1. The second-order valence-electron chi connectivity index (χ2n) is 5.45. The molecule has 3 N–H and O–H groups in total. The monoisotopic (exact) mass is 367 g/mol. The van der Waals surface area contributed by atoms with Gasteiger partial charge >= 0.3 is 6.03 Å². The third-order valence-electron chi connectivity index (χ3n) is 3.65. The van der Waals surface area contributed by atoms with E-state index in [1.54, 1.807) is 23.6 Å². The van der Waals surface area contributed by atoms with Crippen molar-refractivity contribution in [3.8, 4) is 5.88 Å². The van der Waals surface area contributed by atoms with E-state index < -0.39 is 6.03 Å². The quantitative estimate of drug-likeness (QED) is 0.754. The van der Waals surface area contributed by atoms with E-state index in [0.717, 1.165) is 19.4 Å². The Morgan fingerprint density at radius 3 is 2.96 bits per heavy atom. The van der Waals surface area contributed by atoms with Gasteiger partial charge in [-0.05, 0) is 32.4 Å². The lowest BCUT2D eigenvalue weighted by Gasteiger charge is -2.20. The van der Waals surface area contributed by atoms with Crippen LogP contribution in [0.15, 0.2) is 23.6 Å². The molecule has 0 radical (unpaired) electrons. The third kappa shape index (κ3) is 4.56. The predicted octanol–water partition coefficient (Wildman–Crippen LogP) is 3.35. The summed E-state index contributed by atoms with van der Waals surface area (Å²) in [5, 5.41) is 10.3. The van der Waals surface area contributed by atoms with Crippen molar-refractivity contribution in [2.45, 2.75) is 31.9 Å². The first-order valence-electron chi connectivity index (χ1n) is 7.66. The molecule has 1 aliphatic heterocycles. The Morgan fingerprint density at radius 1 is 1.42 bits per heavy atom. The van der Waals surface area contributed by atoms with Crippen LogP contribution in [0.1, 0.15) is 19.8 Å². The van der Waals surface area contributed by atoms with E-state index in [0.29, 0.717) is 28.0 Å². The van der Waals surface area contributed by atoms with Gasteiger partial charge in [-0.1, -0.05) is 17.7 Å². The molecule has 128 valence electrons. The Bertz CT molecular complexity index is 705. The number of hydrogen-bond acceptors (Lipinski definition) is 6. The lowest BCUT2D eigenvalue weighted by molar-refractivity contribution is 0.173. The van der Waals surface area contributed by atoms with E-state index >= 15 is 0 Å². The highest BCUT2D eigenvalue weighted by atomic mass is 35.5. The number of urea groups is 1. The summed E-state index contributed by atoms with van der Waals surface area (Å²) in [4.78, 5) is 20.2. The fourth-order valence-electron chi connectivity index (χ4n) is 2.51. The van der Waals surface area contributed by atoms with Gasteiger partial charge in [0.25, 0.3) is 0 Å². The molecule has 1 saturated heterocycles. The zero-order valence-corrected chi connectivity index (χ0v) is 14.7. The second kappa shape index (κ2) is 7.78. The number of aromatic nitrogens is 2. The number of amides is 2. The molecule has 1 fully saturated rings. The minimum absolute atomic E-state index is 0.0150. The van der Waals surface area contributed by atoms with Crippen LogP contribution in [0.2, 0.25) is 4.47 Å². The molecule has 2 atom stereocenters. The van der Waals surface area contributed by atoms with Gasteiger partial charge < -0.3 is 10.1 Å². The van der Waals surface area contributed by atoms with E-state index in [-0.39, 0.29) is 6.10 Å². The summed E-state index contributed by atoms with van der Waals surface area (Å²) in [5.74, 6) is 1.28. The summed E-state index contributed by atoms with van der Waals surface area (Å²) in [6.07, 6.45) is 2.27. The van der Waals surface area contributed by atoms with Gasteiger partial charge in [0.2, 0.25) is 5.88 Å². The number of nitrogens with zero attached hydrogens (tertiary/aromatic N) is 2. The summed E-state index contributed by atoms with van der Waals surface area (Å²) in [6, 6.07) is 5.15. The molecule has 1 aliphatic rings. The first-order chi connectivity index (χ1) is 11.6. The van der Waals surface area contributed by atoms with Crippen molar-refractivity contribution in [3.63, 3.8) is 0 Å². The molecular weight excluding hydrogens is 350 g/mol. The van der Waals surface area contributed by atoms with E-state index in [2.05, 4.69) is 25.9 Å². The van der Waals surface area contributed by atoms with Gasteiger partial charge in [0, 0.05) is 17.5 Å². The molecule has 0 spiro atoms. The number of thiazole rings is 1. The number of carbonyl (C=O) groups is 1. The Labute approximate surface area is 148 Å². The van der Waals surface area contributed by atoms with Gasteiger partial charge in [-0.15, -0.1) is 11.3 Å². The molecule has 3 rings (SSSR count). The Balaban J connectivity index is 1.57. The number of rotatable bonds is 5. The molecule has 7 nitrogen and oxygen atoms in total. The molecule has 0 aliphatic carbocycles. The third-order valence-corrected chi connectivity index (χ3v) is 4.63. The second-order valence-corrected chi connectivity index (χ2v) is 6.89. The fraction of sp³-hybridized carbons (Fsp3) is 0.400. The predicted molar refractivity (Wildman–Crippen MR) is 95.1 cm³/mol. The minimum atomic E-state index is -0.438. The number of nitrogens with one attached hydrogen (secondary N) is 3. The normalized spacial score (nSPS) is 18.2. The molecule has 2 amide bonds. The average molecular weight is 368 g/mol. The van der Waals surface area contributed by atoms with Crippen LogP contribution in [0.4, 0.5) is 16.4 Å². The van der Waals surface area contributed by atoms with Gasteiger partial charge in [-0.3, -0.25) is 10.6 Å². The molecule has 0 aromatic carbocycles. The molecule has 3 heterocycles. The summed E-state index contributed by atoms with van der Waals surface area (Å²) in [5.41, 5.74) is 0. The van der Waals surface area contributed by atoms with Crippen molar-refractivity contribution in [2.75, 3.05) is 17.2 Å². The SMILES string of the molecule is CC(Oc1cccc(NC(=O)Nc2csc(Cl)n2)n1)C1CCCN1. The van der Waals surface area contributed by atoms with Gasteiger partial charge in [-0.2, -0.15) is 4.98 Å². The van der Waals surface area contributed by atoms with Crippen LogP contribution in [0.5, 0.6) is 5.88 Å². The van der Waals surface area contributed by atoms with Gasteiger partial charge in [0.15, 0.2) is 4.47 Å². The van der Waals surface area contributed by atoms with E-state index in [1.165, 1.54) is 11.3 Å². The smallest absolute Gasteiger partial charge is 0.326 e. The van der Waals surface area contributed by atoms with Crippen molar-refractivity contribution >= 4 is 40.6 Å². The van der Waals surface area contributed by atoms with Crippen molar-refractivity contribution in [1.82, 2.24) is 15.3 Å². The molecule has 2 unspecified atom stereocenters. The van der Waals surface area contributed by atoms with Crippen molar-refractivity contribution in [3.05, 3.63) is 28.0 Å². The maximum atomic E-state index is 11.9. The first-order valence-corrected chi connectivity index (χ1v) is 8.92. The summed E-state index contributed by atoms with van der Waals surface area (Å²) >= 11 is 6.97. The standard InChI is InChI=1S/C15H18ClN5O2S/c1-9(10-4-3-7-17-10)23-13-6-2-5-11(18-13)20-15(22)21-12-8-24-14(16)19-12/h2,5-6,8-10,17H,3-4,7H2,1H3,(H2,18,20,21,22). The van der Waals surface area contributed by atoms with E-state index in [4.69, 9.17) is 16.3 Å². The molecule has 24 heavy (non-hydrogen) atoms. The number of ether oxygens (including phenoxy) is 1. The summed E-state index contributed by atoms with van der Waals surface area (Å²) < 4.78 is 6.24. The summed E-state index contributed by atoms with van der Waals surface area (Å²) in [6.45, 7) is 3.04. The number of anilines is 2. The van der Waals surface area contributed by atoms with Crippen LogP contribution in [0.3, 0.4) is 0 Å². The zero-order chi connectivity index (χ0) is 16.9. The average Bonchev–Trinajstić information content (AvgIpc) is 3.19. The largest absolute Gasteiger partial charge is 0.473 e. The molecule has 2 aromatic heterocycles. The van der Waals surface area contributed by atoms with Crippen LogP contribution in [0, 0.1) is 0 Å². The van der Waals surface area contributed by atoms with Gasteiger partial charge in [0.05, 0.1) is 0 Å². The van der Waals surface area contributed by atoms with Crippen molar-refractivity contribution in [1.29, 1.82) is 0 Å². The fourth-order valence-corrected chi connectivity index (χ4v) is 3.20. The molecule has 0 bridgehead atoms. The highest BCUT2D eigenvalue weighted by molar-refractivity contribution is 7.14. The van der Waals surface area contributed by atoms with Gasteiger partial charge in [-0.25, -0.2) is 9.78 Å². The van der Waals surface area contributed by atoms with Crippen LogP contribution in [0.25, 0.3) is 0 Å². The van der Waals surface area contributed by atoms with Crippen LogP contribution < -0.4 is 20.7 Å². The minimum Gasteiger partial charge on any atom is -0.473 e. The number of halogens is 1. The molecule has 2 aromatic rings. The maximum Gasteiger partial charge on any atom is 0.326 e. The van der Waals surface area contributed by atoms with Crippen LogP contribution in [-0.4, -0.2) is 34.7 Å². The van der Waals surface area contributed by atoms with E-state index in [1.807, 2.05) is 6.92 Å². The first kappa shape index (κ1) is 16.9. The number of hydrogen-bond donors (Lipinski definition) is 3. The highest BCUT2D eigenvalue weighted by Crippen LogP contribution is 2.20.